The van der Waals surface area contributed by atoms with Crippen LogP contribution in [0.4, 0.5) is 0 Å². The number of nitrogens with one attached hydrogen (secondary N) is 1. The number of hydrogen-bond acceptors (Lipinski definition) is 3. The second-order valence-electron chi connectivity index (χ2n) is 3.81. The quantitative estimate of drug-likeness (QED) is 0.405. The van der Waals surface area contributed by atoms with Crippen molar-refractivity contribution < 1.29 is 0 Å². The zero-order valence-electron chi connectivity index (χ0n) is 8.38. The van der Waals surface area contributed by atoms with Crippen molar-refractivity contribution in [2.24, 2.45) is 5.84 Å². The normalized spacial score (nSPS) is 20.5. The van der Waals surface area contributed by atoms with Gasteiger partial charge in [-0.2, -0.15) is 11.8 Å². The summed E-state index contributed by atoms with van der Waals surface area (Å²) in [5, 5.41) is 0.871. The summed E-state index contributed by atoms with van der Waals surface area (Å²) in [6.07, 6.45) is 5.59. The molecule has 1 saturated carbocycles. The van der Waals surface area contributed by atoms with E-state index in [2.05, 4.69) is 12.0 Å². The first-order valence-electron chi connectivity index (χ1n) is 4.97. The lowest BCUT2D eigenvalue weighted by atomic mass is 10.2. The van der Waals surface area contributed by atoms with Gasteiger partial charge in [0.05, 0.1) is 6.04 Å². The highest BCUT2D eigenvalue weighted by atomic mass is 32.2. The molecule has 2 nitrogen and oxygen atoms in total. The van der Waals surface area contributed by atoms with Gasteiger partial charge in [-0.25, -0.2) is 0 Å². The third-order valence-electron chi connectivity index (χ3n) is 2.60. The third kappa shape index (κ3) is 3.71. The first-order chi connectivity index (χ1) is 6.24. The molecule has 0 aromatic rings. The van der Waals surface area contributed by atoms with Crippen LogP contribution in [0, 0.1) is 0 Å². The molecule has 1 unspecified atom stereocenters. The molecule has 0 aromatic heterocycles. The number of nitrogens with two attached hydrogens (primary N) is 1. The molecule has 0 radical (unpaired) electrons. The van der Waals surface area contributed by atoms with E-state index in [-0.39, 0.29) is 6.04 Å². The summed E-state index contributed by atoms with van der Waals surface area (Å²) in [6.45, 7) is 5.94. The average Bonchev–Trinajstić information content (AvgIpc) is 2.57. The maximum atomic E-state index is 5.43. The zero-order valence-corrected chi connectivity index (χ0v) is 9.20. The summed E-state index contributed by atoms with van der Waals surface area (Å²) in [6, 6.07) is 0.283. The summed E-state index contributed by atoms with van der Waals surface area (Å²) in [5.74, 6) is 6.50. The predicted octanol–water partition coefficient (Wildman–Crippen LogP) is 2.07. The molecule has 13 heavy (non-hydrogen) atoms. The SMILES string of the molecule is C=C(C)C(CSC1CCCC1)NN. The fourth-order valence-corrected chi connectivity index (χ4v) is 3.13. The molecule has 3 N–H and O–H groups in total. The smallest absolute Gasteiger partial charge is 0.0505 e. The van der Waals surface area contributed by atoms with E-state index in [4.69, 9.17) is 5.84 Å². The van der Waals surface area contributed by atoms with Crippen LogP contribution in [0.25, 0.3) is 0 Å². The molecule has 1 aliphatic rings. The molecule has 0 aliphatic heterocycles. The standard InChI is InChI=1S/C10H20N2S/c1-8(2)10(12-11)7-13-9-5-3-4-6-9/h9-10,12H,1,3-7,11H2,2H3. The molecule has 1 fully saturated rings. The van der Waals surface area contributed by atoms with E-state index < -0.39 is 0 Å². The average molecular weight is 200 g/mol. The fraction of sp³-hybridized carbons (Fsp3) is 0.800. The minimum Gasteiger partial charge on any atom is -0.271 e. The van der Waals surface area contributed by atoms with Gasteiger partial charge in [0.15, 0.2) is 0 Å². The largest absolute Gasteiger partial charge is 0.271 e. The van der Waals surface area contributed by atoms with Crippen molar-refractivity contribution in [3.63, 3.8) is 0 Å². The third-order valence-corrected chi connectivity index (χ3v) is 4.07. The molecule has 0 bridgehead atoms. The Kier molecular flexibility index (Phi) is 4.84. The van der Waals surface area contributed by atoms with Crippen LogP contribution >= 0.6 is 11.8 Å². The van der Waals surface area contributed by atoms with Gasteiger partial charge >= 0.3 is 0 Å². The topological polar surface area (TPSA) is 38.0 Å². The van der Waals surface area contributed by atoms with E-state index in [0.29, 0.717) is 0 Å². The Hall–Kier alpha value is 0.01000. The minimum absolute atomic E-state index is 0.283. The summed E-state index contributed by atoms with van der Waals surface area (Å²) >= 11 is 2.04. The maximum Gasteiger partial charge on any atom is 0.0505 e. The van der Waals surface area contributed by atoms with Crippen molar-refractivity contribution >= 4 is 11.8 Å². The highest BCUT2D eigenvalue weighted by Gasteiger charge is 2.17. The van der Waals surface area contributed by atoms with Crippen molar-refractivity contribution in [2.75, 3.05) is 5.75 Å². The van der Waals surface area contributed by atoms with E-state index in [1.807, 2.05) is 18.7 Å². The molecule has 0 amide bonds. The summed E-state index contributed by atoms with van der Waals surface area (Å²) < 4.78 is 0. The van der Waals surface area contributed by atoms with Crippen LogP contribution in [-0.2, 0) is 0 Å². The van der Waals surface area contributed by atoms with Gasteiger partial charge in [-0.1, -0.05) is 25.0 Å². The molecular formula is C10H20N2S. The highest BCUT2D eigenvalue weighted by Crippen LogP contribution is 2.30. The van der Waals surface area contributed by atoms with Gasteiger partial charge in [-0.05, 0) is 19.8 Å². The molecule has 0 spiro atoms. The van der Waals surface area contributed by atoms with Crippen LogP contribution in [0.2, 0.25) is 0 Å². The van der Waals surface area contributed by atoms with Gasteiger partial charge in [0.25, 0.3) is 0 Å². The summed E-state index contributed by atoms with van der Waals surface area (Å²) in [5.41, 5.74) is 3.94. The number of thioether (sulfide) groups is 1. The van der Waals surface area contributed by atoms with Gasteiger partial charge < -0.3 is 0 Å². The molecule has 0 saturated heterocycles. The van der Waals surface area contributed by atoms with E-state index in [1.54, 1.807) is 0 Å². The van der Waals surface area contributed by atoms with E-state index in [1.165, 1.54) is 25.7 Å². The van der Waals surface area contributed by atoms with E-state index in [0.717, 1.165) is 16.6 Å². The Balaban J connectivity index is 2.18. The van der Waals surface area contributed by atoms with E-state index in [9.17, 15) is 0 Å². The molecule has 3 heteroatoms. The van der Waals surface area contributed by atoms with Crippen LogP contribution in [0.15, 0.2) is 12.2 Å². The molecule has 0 heterocycles. The van der Waals surface area contributed by atoms with Gasteiger partial charge in [-0.3, -0.25) is 11.3 Å². The summed E-state index contributed by atoms with van der Waals surface area (Å²) in [7, 11) is 0. The van der Waals surface area contributed by atoms with Crippen molar-refractivity contribution in [1.82, 2.24) is 5.43 Å². The molecule has 76 valence electrons. The maximum absolute atomic E-state index is 5.43. The van der Waals surface area contributed by atoms with Crippen molar-refractivity contribution in [3.05, 3.63) is 12.2 Å². The monoisotopic (exact) mass is 200 g/mol. The van der Waals surface area contributed by atoms with Gasteiger partial charge in [0.1, 0.15) is 0 Å². The molecule has 1 aliphatic carbocycles. The number of hydrazine groups is 1. The first kappa shape index (κ1) is 11.1. The van der Waals surface area contributed by atoms with Crippen molar-refractivity contribution in [1.29, 1.82) is 0 Å². The van der Waals surface area contributed by atoms with Crippen LogP contribution in [-0.4, -0.2) is 17.0 Å². The lowest BCUT2D eigenvalue weighted by molar-refractivity contribution is 0.647. The molecule has 0 aromatic carbocycles. The number of hydrogen-bond donors (Lipinski definition) is 2. The Labute approximate surface area is 85.3 Å². The van der Waals surface area contributed by atoms with Gasteiger partial charge in [-0.15, -0.1) is 0 Å². The summed E-state index contributed by atoms with van der Waals surface area (Å²) in [4.78, 5) is 0. The van der Waals surface area contributed by atoms with Crippen LogP contribution in [0.5, 0.6) is 0 Å². The fourth-order valence-electron chi connectivity index (χ4n) is 1.62. The Bertz CT molecular complexity index is 164. The van der Waals surface area contributed by atoms with Crippen LogP contribution < -0.4 is 11.3 Å². The Morgan fingerprint density at radius 2 is 2.23 bits per heavy atom. The van der Waals surface area contributed by atoms with E-state index >= 15 is 0 Å². The molecule has 1 atom stereocenters. The highest BCUT2D eigenvalue weighted by molar-refractivity contribution is 7.99. The van der Waals surface area contributed by atoms with Gasteiger partial charge in [0.2, 0.25) is 0 Å². The zero-order chi connectivity index (χ0) is 9.68. The second kappa shape index (κ2) is 5.68. The van der Waals surface area contributed by atoms with Crippen molar-refractivity contribution in [2.45, 2.75) is 43.9 Å². The second-order valence-corrected chi connectivity index (χ2v) is 5.14. The Morgan fingerprint density at radius 1 is 1.62 bits per heavy atom. The van der Waals surface area contributed by atoms with Crippen molar-refractivity contribution in [3.8, 4) is 0 Å². The lowest BCUT2D eigenvalue weighted by Gasteiger charge is -2.17. The lowest BCUT2D eigenvalue weighted by Crippen LogP contribution is -2.38. The predicted molar refractivity (Wildman–Crippen MR) is 60.6 cm³/mol. The van der Waals surface area contributed by atoms with Crippen LogP contribution in [0.1, 0.15) is 32.6 Å². The van der Waals surface area contributed by atoms with Gasteiger partial charge in [0, 0.05) is 11.0 Å². The Morgan fingerprint density at radius 3 is 2.69 bits per heavy atom. The first-order valence-corrected chi connectivity index (χ1v) is 6.02. The van der Waals surface area contributed by atoms with Crippen LogP contribution in [0.3, 0.4) is 0 Å². The minimum atomic E-state index is 0.283. The number of rotatable bonds is 5. The molecule has 1 rings (SSSR count). The molecular weight excluding hydrogens is 180 g/mol.